The molecule has 0 aromatic carbocycles. The Morgan fingerprint density at radius 2 is 2.07 bits per heavy atom. The molecule has 2 amide bonds. The molecule has 8 nitrogen and oxygen atoms in total. The number of methoxy groups -OCH3 is 1. The van der Waals surface area contributed by atoms with Crippen molar-refractivity contribution in [3.8, 4) is 5.88 Å². The second kappa shape index (κ2) is 9.09. The first-order valence-corrected chi connectivity index (χ1v) is 10.4. The van der Waals surface area contributed by atoms with E-state index >= 15 is 0 Å². The van der Waals surface area contributed by atoms with Crippen molar-refractivity contribution in [1.82, 2.24) is 25.0 Å². The van der Waals surface area contributed by atoms with E-state index in [0.717, 1.165) is 17.9 Å². The van der Waals surface area contributed by atoms with Crippen LogP contribution in [0.2, 0.25) is 0 Å². The molecule has 9 heteroatoms. The normalized spacial score (nSPS) is 14.8. The van der Waals surface area contributed by atoms with Gasteiger partial charge in [-0.3, -0.25) is 14.3 Å². The summed E-state index contributed by atoms with van der Waals surface area (Å²) in [6, 6.07) is 3.62. The van der Waals surface area contributed by atoms with Gasteiger partial charge in [0.1, 0.15) is 10.6 Å². The minimum atomic E-state index is -0.191. The molecule has 3 heterocycles. The molecule has 0 radical (unpaired) electrons. The highest BCUT2D eigenvalue weighted by molar-refractivity contribution is 7.98. The summed E-state index contributed by atoms with van der Waals surface area (Å²) in [5.41, 5.74) is 1.09. The molecule has 1 saturated heterocycles. The Kier molecular flexibility index (Phi) is 6.56. The third kappa shape index (κ3) is 4.46. The minimum Gasteiger partial charge on any atom is -0.479 e. The minimum absolute atomic E-state index is 0.0278. The van der Waals surface area contributed by atoms with Crippen LogP contribution >= 0.6 is 11.8 Å². The zero-order valence-electron chi connectivity index (χ0n) is 16.3. The van der Waals surface area contributed by atoms with Crippen LogP contribution in [0.15, 0.2) is 29.6 Å². The van der Waals surface area contributed by atoms with Crippen LogP contribution in [0.5, 0.6) is 5.88 Å². The van der Waals surface area contributed by atoms with E-state index in [2.05, 4.69) is 15.4 Å². The number of ether oxygens (including phenoxy) is 1. The Bertz CT molecular complexity index is 846. The number of thioether (sulfide) groups is 1. The van der Waals surface area contributed by atoms with Gasteiger partial charge in [0.25, 0.3) is 11.8 Å². The number of nitrogens with one attached hydrogen (secondary N) is 1. The van der Waals surface area contributed by atoms with Gasteiger partial charge in [-0.05, 0) is 37.1 Å². The molecular formula is C19H25N5O3S. The molecule has 0 aliphatic carbocycles. The number of aryl methyl sites for hydroxylation is 1. The maximum absolute atomic E-state index is 12.8. The van der Waals surface area contributed by atoms with Crippen LogP contribution in [0.25, 0.3) is 0 Å². The topological polar surface area (TPSA) is 89.4 Å². The van der Waals surface area contributed by atoms with E-state index in [-0.39, 0.29) is 11.8 Å². The van der Waals surface area contributed by atoms with Crippen LogP contribution < -0.4 is 10.1 Å². The summed E-state index contributed by atoms with van der Waals surface area (Å²) < 4.78 is 6.69. The third-order valence-electron chi connectivity index (χ3n) is 4.88. The lowest BCUT2D eigenvalue weighted by Crippen LogP contribution is -2.41. The molecule has 1 aliphatic heterocycles. The first-order chi connectivity index (χ1) is 13.5. The van der Waals surface area contributed by atoms with Gasteiger partial charge >= 0.3 is 0 Å². The monoisotopic (exact) mass is 403 g/mol. The van der Waals surface area contributed by atoms with Crippen molar-refractivity contribution in [2.75, 3.05) is 33.0 Å². The van der Waals surface area contributed by atoms with Crippen LogP contribution in [0, 0.1) is 5.92 Å². The van der Waals surface area contributed by atoms with Crippen LogP contribution in [-0.2, 0) is 7.05 Å². The van der Waals surface area contributed by atoms with Gasteiger partial charge in [-0.1, -0.05) is 0 Å². The van der Waals surface area contributed by atoms with Crippen LogP contribution in [-0.4, -0.2) is 64.5 Å². The van der Waals surface area contributed by atoms with E-state index in [4.69, 9.17) is 4.74 Å². The summed E-state index contributed by atoms with van der Waals surface area (Å²) in [6.45, 7) is 1.93. The molecule has 0 saturated carbocycles. The Morgan fingerprint density at radius 3 is 2.75 bits per heavy atom. The predicted molar refractivity (Wildman–Crippen MR) is 107 cm³/mol. The molecule has 0 bridgehead atoms. The van der Waals surface area contributed by atoms with Crippen molar-refractivity contribution >= 4 is 23.6 Å². The quantitative estimate of drug-likeness (QED) is 0.740. The lowest BCUT2D eigenvalue weighted by atomic mass is 9.96. The zero-order chi connectivity index (χ0) is 20.1. The highest BCUT2D eigenvalue weighted by Crippen LogP contribution is 2.23. The number of nitrogens with zero attached hydrogens (tertiary/aromatic N) is 4. The number of hydrogen-bond donors (Lipinski definition) is 1. The fourth-order valence-electron chi connectivity index (χ4n) is 3.33. The molecule has 2 aromatic rings. The number of piperidine rings is 1. The molecular weight excluding hydrogens is 378 g/mol. The van der Waals surface area contributed by atoms with E-state index in [1.165, 1.54) is 18.9 Å². The zero-order valence-corrected chi connectivity index (χ0v) is 17.2. The van der Waals surface area contributed by atoms with Gasteiger partial charge in [-0.15, -0.1) is 16.9 Å². The average molecular weight is 404 g/mol. The molecule has 0 atom stereocenters. The van der Waals surface area contributed by atoms with E-state index in [1.807, 2.05) is 17.2 Å². The van der Waals surface area contributed by atoms with Gasteiger partial charge in [0.2, 0.25) is 5.88 Å². The molecule has 0 unspecified atom stereocenters. The summed E-state index contributed by atoms with van der Waals surface area (Å²) in [4.78, 5) is 31.3. The van der Waals surface area contributed by atoms with Crippen LogP contribution in [0.4, 0.5) is 0 Å². The molecule has 1 fully saturated rings. The van der Waals surface area contributed by atoms with Gasteiger partial charge in [-0.25, -0.2) is 4.98 Å². The number of carbonyl (C=O) groups excluding carboxylic acids is 2. The molecule has 28 heavy (non-hydrogen) atoms. The van der Waals surface area contributed by atoms with Crippen molar-refractivity contribution in [2.45, 2.75) is 17.9 Å². The van der Waals surface area contributed by atoms with Gasteiger partial charge in [-0.2, -0.15) is 0 Å². The molecule has 150 valence electrons. The largest absolute Gasteiger partial charge is 0.479 e. The van der Waals surface area contributed by atoms with E-state index < -0.39 is 0 Å². The van der Waals surface area contributed by atoms with E-state index in [1.54, 1.807) is 30.2 Å². The Morgan fingerprint density at radius 1 is 1.32 bits per heavy atom. The smallest absolute Gasteiger partial charge is 0.258 e. The number of amides is 2. The number of carbonyl (C=O) groups is 2. The Balaban J connectivity index is 1.51. The molecule has 3 rings (SSSR count). The maximum atomic E-state index is 12.8. The standard InChI is InChI=1S/C19H25N5O3S/c1-23-12-15(17(22-23)27-2)16(25)21-11-13-6-9-24(10-7-13)19(26)14-5-4-8-20-18(14)28-3/h4-5,8,12-13H,6-7,9-11H2,1-3H3,(H,21,25). The maximum Gasteiger partial charge on any atom is 0.258 e. The SMILES string of the molecule is COc1nn(C)cc1C(=O)NCC1CCN(C(=O)c2cccnc2SC)CC1. The third-order valence-corrected chi connectivity index (χ3v) is 5.59. The van der Waals surface area contributed by atoms with Crippen molar-refractivity contribution < 1.29 is 14.3 Å². The molecule has 1 N–H and O–H groups in total. The highest BCUT2D eigenvalue weighted by Gasteiger charge is 2.26. The number of likely N-dealkylation sites (tertiary alicyclic amines) is 1. The Hall–Kier alpha value is -2.55. The first-order valence-electron chi connectivity index (χ1n) is 9.17. The number of aromatic nitrogens is 3. The lowest BCUT2D eigenvalue weighted by Gasteiger charge is -2.32. The summed E-state index contributed by atoms with van der Waals surface area (Å²) in [6.07, 6.45) is 6.98. The van der Waals surface area contributed by atoms with Gasteiger partial charge in [0.05, 0.1) is 12.7 Å². The average Bonchev–Trinajstić information content (AvgIpc) is 3.12. The van der Waals surface area contributed by atoms with Gasteiger partial charge < -0.3 is 15.0 Å². The molecule has 1 aliphatic rings. The molecule has 0 spiro atoms. The highest BCUT2D eigenvalue weighted by atomic mass is 32.2. The number of hydrogen-bond acceptors (Lipinski definition) is 6. The molecule has 2 aromatic heterocycles. The van der Waals surface area contributed by atoms with Crippen molar-refractivity contribution in [1.29, 1.82) is 0 Å². The second-order valence-electron chi connectivity index (χ2n) is 6.73. The summed E-state index contributed by atoms with van der Waals surface area (Å²) in [7, 11) is 3.24. The predicted octanol–water partition coefficient (Wildman–Crippen LogP) is 1.83. The summed E-state index contributed by atoms with van der Waals surface area (Å²) in [5.74, 6) is 0.495. The van der Waals surface area contributed by atoms with Crippen LogP contribution in [0.1, 0.15) is 33.6 Å². The van der Waals surface area contributed by atoms with E-state index in [9.17, 15) is 9.59 Å². The van der Waals surface area contributed by atoms with Crippen molar-refractivity contribution in [3.05, 3.63) is 35.7 Å². The fraction of sp³-hybridized carbons (Fsp3) is 0.474. The first kappa shape index (κ1) is 20.2. The van der Waals surface area contributed by atoms with Crippen LogP contribution in [0.3, 0.4) is 0 Å². The summed E-state index contributed by atoms with van der Waals surface area (Å²) in [5, 5.41) is 7.82. The second-order valence-corrected chi connectivity index (χ2v) is 7.53. The van der Waals surface area contributed by atoms with Crippen molar-refractivity contribution in [2.24, 2.45) is 13.0 Å². The lowest BCUT2D eigenvalue weighted by molar-refractivity contribution is 0.0680. The van der Waals surface area contributed by atoms with Gasteiger partial charge in [0.15, 0.2) is 0 Å². The number of pyridine rings is 1. The van der Waals surface area contributed by atoms with E-state index in [0.29, 0.717) is 42.6 Å². The fourth-order valence-corrected chi connectivity index (χ4v) is 3.88. The van der Waals surface area contributed by atoms with Gasteiger partial charge in [0, 0.05) is 39.1 Å². The number of rotatable bonds is 6. The Labute approximate surface area is 168 Å². The van der Waals surface area contributed by atoms with Crippen molar-refractivity contribution in [3.63, 3.8) is 0 Å². The summed E-state index contributed by atoms with van der Waals surface area (Å²) >= 11 is 1.48.